The van der Waals surface area contributed by atoms with Crippen LogP contribution >= 0.6 is 11.8 Å². The third-order valence-electron chi connectivity index (χ3n) is 3.64. The summed E-state index contributed by atoms with van der Waals surface area (Å²) >= 11 is 0.944. The molecule has 0 saturated carbocycles. The quantitative estimate of drug-likeness (QED) is 0.807. The molecular formula is C17H11F4NOS. The number of allylic oxidation sites excluding steroid dienone is 1. The van der Waals surface area contributed by atoms with E-state index in [0.717, 1.165) is 23.9 Å². The van der Waals surface area contributed by atoms with Gasteiger partial charge in [0.05, 0.1) is 16.2 Å². The van der Waals surface area contributed by atoms with Crippen LogP contribution in [0.1, 0.15) is 21.9 Å². The van der Waals surface area contributed by atoms with Gasteiger partial charge in [0.2, 0.25) is 0 Å². The normalized spacial score (nSPS) is 18.3. The summed E-state index contributed by atoms with van der Waals surface area (Å²) in [5.41, 5.74) is 5.23. The van der Waals surface area contributed by atoms with Crippen molar-refractivity contribution in [3.8, 4) is 0 Å². The fraction of sp³-hybridized carbons (Fsp3) is 0.118. The van der Waals surface area contributed by atoms with Gasteiger partial charge < -0.3 is 5.73 Å². The predicted octanol–water partition coefficient (Wildman–Crippen LogP) is 4.53. The zero-order valence-corrected chi connectivity index (χ0v) is 12.9. The van der Waals surface area contributed by atoms with Crippen LogP contribution in [0.4, 0.5) is 17.6 Å². The maximum Gasteiger partial charge on any atom is 0.416 e. The van der Waals surface area contributed by atoms with Crippen LogP contribution in [0.3, 0.4) is 0 Å². The summed E-state index contributed by atoms with van der Waals surface area (Å²) in [6.45, 7) is 0. The lowest BCUT2D eigenvalue weighted by atomic mass is 9.96. The lowest BCUT2D eigenvalue weighted by Crippen LogP contribution is -2.10. The first-order chi connectivity index (χ1) is 11.3. The molecule has 0 amide bonds. The second-order valence-corrected chi connectivity index (χ2v) is 6.35. The van der Waals surface area contributed by atoms with E-state index >= 15 is 0 Å². The number of carbonyl (C=O) groups excluding carboxylic acids is 1. The molecule has 1 aliphatic heterocycles. The summed E-state index contributed by atoms with van der Waals surface area (Å²) < 4.78 is 52.5. The van der Waals surface area contributed by atoms with E-state index in [1.807, 2.05) is 0 Å². The molecule has 0 radical (unpaired) electrons. The van der Waals surface area contributed by atoms with Gasteiger partial charge in [-0.2, -0.15) is 13.2 Å². The van der Waals surface area contributed by atoms with Crippen LogP contribution in [0.2, 0.25) is 0 Å². The third kappa shape index (κ3) is 2.91. The Morgan fingerprint density at radius 1 is 1.04 bits per heavy atom. The molecule has 0 aromatic heterocycles. The molecule has 0 spiro atoms. The van der Waals surface area contributed by atoms with Gasteiger partial charge in [-0.3, -0.25) is 4.79 Å². The minimum atomic E-state index is -4.52. The topological polar surface area (TPSA) is 43.1 Å². The maximum absolute atomic E-state index is 13.9. The van der Waals surface area contributed by atoms with E-state index in [1.54, 1.807) is 6.07 Å². The molecule has 1 atom stereocenters. The molecule has 1 heterocycles. The highest BCUT2D eigenvalue weighted by Gasteiger charge is 2.37. The van der Waals surface area contributed by atoms with Gasteiger partial charge in [0, 0.05) is 5.56 Å². The third-order valence-corrected chi connectivity index (χ3v) is 4.80. The number of halogens is 4. The van der Waals surface area contributed by atoms with Crippen LogP contribution in [-0.4, -0.2) is 5.78 Å². The Kier molecular flexibility index (Phi) is 4.13. The smallest absolute Gasteiger partial charge is 0.393 e. The van der Waals surface area contributed by atoms with Crippen LogP contribution in [0.5, 0.6) is 0 Å². The highest BCUT2D eigenvalue weighted by atomic mass is 32.2. The second-order valence-electron chi connectivity index (χ2n) is 5.20. The molecule has 2 N–H and O–H groups in total. The second kappa shape index (κ2) is 5.98. The number of carbonyl (C=O) groups is 1. The predicted molar refractivity (Wildman–Crippen MR) is 84.3 cm³/mol. The average Bonchev–Trinajstić information content (AvgIpc) is 2.82. The summed E-state index contributed by atoms with van der Waals surface area (Å²) in [4.78, 5) is 12.6. The van der Waals surface area contributed by atoms with Gasteiger partial charge >= 0.3 is 6.18 Å². The molecule has 0 saturated heterocycles. The lowest BCUT2D eigenvalue weighted by Gasteiger charge is -2.11. The van der Waals surface area contributed by atoms with Crippen molar-refractivity contribution in [3.05, 3.63) is 76.1 Å². The molecule has 2 aromatic rings. The fourth-order valence-electron chi connectivity index (χ4n) is 2.52. The van der Waals surface area contributed by atoms with Crippen LogP contribution in [-0.2, 0) is 11.0 Å². The number of thioether (sulfide) groups is 1. The van der Waals surface area contributed by atoms with Crippen molar-refractivity contribution >= 4 is 23.1 Å². The molecule has 24 heavy (non-hydrogen) atoms. The molecule has 2 aromatic carbocycles. The van der Waals surface area contributed by atoms with Crippen molar-refractivity contribution in [1.82, 2.24) is 0 Å². The van der Waals surface area contributed by atoms with Gasteiger partial charge in [-0.1, -0.05) is 42.1 Å². The molecule has 2 nitrogen and oxygen atoms in total. The highest BCUT2D eigenvalue weighted by molar-refractivity contribution is 8.04. The first-order valence-corrected chi connectivity index (χ1v) is 7.79. The van der Waals surface area contributed by atoms with E-state index in [9.17, 15) is 22.4 Å². The van der Waals surface area contributed by atoms with E-state index in [0.29, 0.717) is 0 Å². The molecular weight excluding hydrogens is 342 g/mol. The number of Topliss-reactive ketones (excluding diaryl/α,β-unsaturated/α-hetero) is 1. The lowest BCUT2D eigenvalue weighted by molar-refractivity contribution is -0.137. The van der Waals surface area contributed by atoms with Crippen molar-refractivity contribution in [2.24, 2.45) is 5.73 Å². The Bertz CT molecular complexity index is 844. The summed E-state index contributed by atoms with van der Waals surface area (Å²) in [6.07, 6.45) is -4.52. The molecule has 3 rings (SSSR count). The van der Waals surface area contributed by atoms with E-state index in [1.165, 1.54) is 30.3 Å². The average molecular weight is 353 g/mol. The standard InChI is InChI=1S/C17H11F4NOS/c18-12-7-2-1-6-11(12)15-14(23)13(16(22)24-15)9-4-3-5-10(8-9)17(19,20)21/h1-8,15H,22H2. The summed E-state index contributed by atoms with van der Waals surface area (Å²) in [7, 11) is 0. The van der Waals surface area contributed by atoms with Crippen molar-refractivity contribution in [3.63, 3.8) is 0 Å². The minimum absolute atomic E-state index is 0.000599. The van der Waals surface area contributed by atoms with Gasteiger partial charge in [0.1, 0.15) is 11.1 Å². The fourth-order valence-corrected chi connectivity index (χ4v) is 3.65. The molecule has 7 heteroatoms. The molecule has 0 aliphatic carbocycles. The molecule has 0 fully saturated rings. The summed E-state index contributed by atoms with van der Waals surface area (Å²) in [5, 5.41) is -0.802. The van der Waals surface area contributed by atoms with Crippen LogP contribution in [0, 0.1) is 5.82 Å². The van der Waals surface area contributed by atoms with Crippen molar-refractivity contribution in [2.75, 3.05) is 0 Å². The zero-order valence-electron chi connectivity index (χ0n) is 12.1. The van der Waals surface area contributed by atoms with Crippen LogP contribution < -0.4 is 5.73 Å². The molecule has 1 unspecified atom stereocenters. The Labute approximate surface area is 139 Å². The Morgan fingerprint density at radius 2 is 1.75 bits per heavy atom. The first kappa shape index (κ1) is 16.6. The van der Waals surface area contributed by atoms with Gasteiger partial charge in [-0.05, 0) is 23.8 Å². The Hall–Kier alpha value is -2.28. The Morgan fingerprint density at radius 3 is 2.42 bits per heavy atom. The summed E-state index contributed by atoms with van der Waals surface area (Å²) in [6, 6.07) is 10.2. The van der Waals surface area contributed by atoms with E-state index < -0.39 is 28.6 Å². The van der Waals surface area contributed by atoms with Gasteiger partial charge in [0.25, 0.3) is 0 Å². The van der Waals surface area contributed by atoms with Gasteiger partial charge in [0.15, 0.2) is 5.78 Å². The van der Waals surface area contributed by atoms with Crippen molar-refractivity contribution in [2.45, 2.75) is 11.4 Å². The molecule has 1 aliphatic rings. The first-order valence-electron chi connectivity index (χ1n) is 6.91. The highest BCUT2D eigenvalue weighted by Crippen LogP contribution is 2.47. The van der Waals surface area contributed by atoms with Crippen molar-refractivity contribution < 1.29 is 22.4 Å². The molecule has 0 bridgehead atoms. The zero-order chi connectivity index (χ0) is 17.5. The maximum atomic E-state index is 13.9. The van der Waals surface area contributed by atoms with Gasteiger partial charge in [-0.15, -0.1) is 0 Å². The number of benzene rings is 2. The van der Waals surface area contributed by atoms with Crippen LogP contribution in [0.15, 0.2) is 53.6 Å². The number of hydrogen-bond donors (Lipinski definition) is 1. The van der Waals surface area contributed by atoms with E-state index in [-0.39, 0.29) is 21.7 Å². The molecule has 124 valence electrons. The van der Waals surface area contributed by atoms with Crippen LogP contribution in [0.25, 0.3) is 5.57 Å². The number of ketones is 1. The Balaban J connectivity index is 2.00. The van der Waals surface area contributed by atoms with E-state index in [2.05, 4.69) is 0 Å². The summed E-state index contributed by atoms with van der Waals surface area (Å²) in [5.74, 6) is -1.05. The van der Waals surface area contributed by atoms with Gasteiger partial charge in [-0.25, -0.2) is 4.39 Å². The largest absolute Gasteiger partial charge is 0.416 e. The SMILES string of the molecule is NC1=C(c2cccc(C(F)(F)F)c2)C(=O)C(c2ccccc2F)S1. The number of rotatable bonds is 2. The van der Waals surface area contributed by atoms with E-state index in [4.69, 9.17) is 5.73 Å². The number of alkyl halides is 3. The monoisotopic (exact) mass is 353 g/mol. The number of nitrogens with two attached hydrogens (primary N) is 1. The minimum Gasteiger partial charge on any atom is -0.393 e. The van der Waals surface area contributed by atoms with Crippen molar-refractivity contribution in [1.29, 1.82) is 0 Å². The number of hydrogen-bond acceptors (Lipinski definition) is 3.